The highest BCUT2D eigenvalue weighted by Gasteiger charge is 2.06. The SMILES string of the molecule is CN(C)c1cc2ncncc2nc1Br. The van der Waals surface area contributed by atoms with Crippen molar-refractivity contribution >= 4 is 32.7 Å². The van der Waals surface area contributed by atoms with E-state index in [1.807, 2.05) is 25.1 Å². The molecule has 0 bridgehead atoms. The molecule has 0 saturated heterocycles. The maximum absolute atomic E-state index is 4.35. The van der Waals surface area contributed by atoms with Crippen molar-refractivity contribution in [2.24, 2.45) is 0 Å². The molecular weight excluding hydrogens is 244 g/mol. The molecule has 0 spiro atoms. The summed E-state index contributed by atoms with van der Waals surface area (Å²) in [5, 5.41) is 0. The minimum atomic E-state index is 0.796. The molecule has 0 aliphatic heterocycles. The Labute approximate surface area is 90.1 Å². The lowest BCUT2D eigenvalue weighted by molar-refractivity contribution is 1.10. The second kappa shape index (κ2) is 3.49. The second-order valence-electron chi connectivity index (χ2n) is 3.12. The molecule has 4 nitrogen and oxygen atoms in total. The predicted octanol–water partition coefficient (Wildman–Crippen LogP) is 1.85. The molecule has 0 radical (unpaired) electrons. The van der Waals surface area contributed by atoms with Gasteiger partial charge in [-0.05, 0) is 22.0 Å². The molecule has 0 aliphatic rings. The zero-order valence-electron chi connectivity index (χ0n) is 7.90. The van der Waals surface area contributed by atoms with Gasteiger partial charge in [-0.25, -0.2) is 15.0 Å². The predicted molar refractivity (Wildman–Crippen MR) is 59.4 cm³/mol. The number of pyridine rings is 1. The standard InChI is InChI=1S/C9H9BrN4/c1-14(2)8-3-6-7(13-9(8)10)4-11-5-12-6/h3-5H,1-2H3. The van der Waals surface area contributed by atoms with Gasteiger partial charge in [-0.15, -0.1) is 0 Å². The number of halogens is 1. The van der Waals surface area contributed by atoms with Crippen LogP contribution in [0.25, 0.3) is 11.0 Å². The van der Waals surface area contributed by atoms with Gasteiger partial charge in [0.25, 0.3) is 0 Å². The zero-order chi connectivity index (χ0) is 10.1. The smallest absolute Gasteiger partial charge is 0.130 e. The van der Waals surface area contributed by atoms with Crippen LogP contribution in [0, 0.1) is 0 Å². The molecule has 72 valence electrons. The molecule has 0 aliphatic carbocycles. The first-order chi connectivity index (χ1) is 6.68. The number of hydrogen-bond donors (Lipinski definition) is 0. The topological polar surface area (TPSA) is 41.9 Å². The average molecular weight is 253 g/mol. The van der Waals surface area contributed by atoms with Gasteiger partial charge in [0, 0.05) is 14.1 Å². The summed E-state index contributed by atoms with van der Waals surface area (Å²) >= 11 is 3.41. The Morgan fingerprint density at radius 2 is 2.07 bits per heavy atom. The van der Waals surface area contributed by atoms with Crippen LogP contribution in [-0.2, 0) is 0 Å². The molecule has 0 saturated carbocycles. The molecule has 2 rings (SSSR count). The minimum Gasteiger partial charge on any atom is -0.375 e. The number of hydrogen-bond acceptors (Lipinski definition) is 4. The van der Waals surface area contributed by atoms with Crippen molar-refractivity contribution in [2.75, 3.05) is 19.0 Å². The summed E-state index contributed by atoms with van der Waals surface area (Å²) in [4.78, 5) is 14.4. The third-order valence-corrected chi connectivity index (χ3v) is 2.49. The largest absolute Gasteiger partial charge is 0.375 e. The van der Waals surface area contributed by atoms with Crippen molar-refractivity contribution in [3.63, 3.8) is 0 Å². The first-order valence-corrected chi connectivity index (χ1v) is 4.91. The molecule has 5 heteroatoms. The fourth-order valence-corrected chi connectivity index (χ4v) is 1.85. The van der Waals surface area contributed by atoms with E-state index in [1.54, 1.807) is 6.20 Å². The molecule has 0 atom stereocenters. The van der Waals surface area contributed by atoms with Gasteiger partial charge in [-0.1, -0.05) is 0 Å². The van der Waals surface area contributed by atoms with Gasteiger partial charge >= 0.3 is 0 Å². The first kappa shape index (κ1) is 9.33. The van der Waals surface area contributed by atoms with Crippen LogP contribution in [0.4, 0.5) is 5.69 Å². The van der Waals surface area contributed by atoms with Crippen molar-refractivity contribution < 1.29 is 0 Å². The fraction of sp³-hybridized carbons (Fsp3) is 0.222. The van der Waals surface area contributed by atoms with E-state index in [0.717, 1.165) is 21.3 Å². The van der Waals surface area contributed by atoms with Crippen LogP contribution in [0.3, 0.4) is 0 Å². The Morgan fingerprint density at radius 1 is 1.29 bits per heavy atom. The van der Waals surface area contributed by atoms with Crippen LogP contribution in [0.15, 0.2) is 23.2 Å². The van der Waals surface area contributed by atoms with E-state index >= 15 is 0 Å². The molecule has 0 fully saturated rings. The summed E-state index contributed by atoms with van der Waals surface area (Å²) in [6, 6.07) is 1.98. The molecule has 14 heavy (non-hydrogen) atoms. The molecule has 0 unspecified atom stereocenters. The van der Waals surface area contributed by atoms with E-state index in [-0.39, 0.29) is 0 Å². The molecular formula is C9H9BrN4. The van der Waals surface area contributed by atoms with Crippen LogP contribution in [-0.4, -0.2) is 29.0 Å². The van der Waals surface area contributed by atoms with Gasteiger partial charge in [0.1, 0.15) is 16.4 Å². The second-order valence-corrected chi connectivity index (χ2v) is 3.87. The number of aromatic nitrogens is 3. The van der Waals surface area contributed by atoms with Crippen LogP contribution >= 0.6 is 15.9 Å². The van der Waals surface area contributed by atoms with Gasteiger partial charge in [0.15, 0.2) is 0 Å². The van der Waals surface area contributed by atoms with E-state index in [9.17, 15) is 0 Å². The van der Waals surface area contributed by atoms with Crippen molar-refractivity contribution in [3.8, 4) is 0 Å². The normalized spacial score (nSPS) is 10.5. The summed E-state index contributed by atoms with van der Waals surface area (Å²) in [5.41, 5.74) is 2.66. The van der Waals surface area contributed by atoms with Crippen molar-refractivity contribution in [1.82, 2.24) is 15.0 Å². The number of nitrogens with zero attached hydrogens (tertiary/aromatic N) is 4. The monoisotopic (exact) mass is 252 g/mol. The van der Waals surface area contributed by atoms with Gasteiger partial charge in [0.05, 0.1) is 17.4 Å². The lowest BCUT2D eigenvalue weighted by atomic mass is 10.3. The van der Waals surface area contributed by atoms with Crippen molar-refractivity contribution in [2.45, 2.75) is 0 Å². The Kier molecular flexibility index (Phi) is 2.33. The van der Waals surface area contributed by atoms with E-state index < -0.39 is 0 Å². The fourth-order valence-electron chi connectivity index (χ4n) is 1.19. The van der Waals surface area contributed by atoms with Crippen LogP contribution in [0.5, 0.6) is 0 Å². The van der Waals surface area contributed by atoms with Crippen molar-refractivity contribution in [3.05, 3.63) is 23.2 Å². The maximum Gasteiger partial charge on any atom is 0.130 e. The van der Waals surface area contributed by atoms with Gasteiger partial charge in [-0.3, -0.25) is 0 Å². The summed E-state index contributed by atoms with van der Waals surface area (Å²) in [6.07, 6.45) is 3.23. The lowest BCUT2D eigenvalue weighted by Crippen LogP contribution is -2.10. The van der Waals surface area contributed by atoms with Gasteiger partial charge in [-0.2, -0.15) is 0 Å². The summed E-state index contributed by atoms with van der Waals surface area (Å²) in [5.74, 6) is 0. The summed E-state index contributed by atoms with van der Waals surface area (Å²) in [6.45, 7) is 0. The lowest BCUT2D eigenvalue weighted by Gasteiger charge is -2.13. The average Bonchev–Trinajstić information content (AvgIpc) is 2.16. The van der Waals surface area contributed by atoms with Gasteiger partial charge in [0.2, 0.25) is 0 Å². The molecule has 2 aromatic heterocycles. The van der Waals surface area contributed by atoms with E-state index in [4.69, 9.17) is 0 Å². The van der Waals surface area contributed by atoms with Crippen LogP contribution in [0.2, 0.25) is 0 Å². The number of rotatable bonds is 1. The number of anilines is 1. The third-order valence-electron chi connectivity index (χ3n) is 1.91. The Hall–Kier alpha value is -1.23. The van der Waals surface area contributed by atoms with Gasteiger partial charge < -0.3 is 4.90 Å². The van der Waals surface area contributed by atoms with E-state index in [2.05, 4.69) is 30.9 Å². The molecule has 0 N–H and O–H groups in total. The molecule has 0 amide bonds. The third kappa shape index (κ3) is 1.55. The molecule has 2 aromatic rings. The van der Waals surface area contributed by atoms with E-state index in [1.165, 1.54) is 6.33 Å². The Morgan fingerprint density at radius 3 is 2.79 bits per heavy atom. The van der Waals surface area contributed by atoms with Crippen LogP contribution in [0.1, 0.15) is 0 Å². The van der Waals surface area contributed by atoms with Crippen molar-refractivity contribution in [1.29, 1.82) is 0 Å². The number of fused-ring (bicyclic) bond motifs is 1. The Bertz CT molecular complexity index is 469. The highest BCUT2D eigenvalue weighted by molar-refractivity contribution is 9.10. The first-order valence-electron chi connectivity index (χ1n) is 4.12. The summed E-state index contributed by atoms with van der Waals surface area (Å²) < 4.78 is 0.810. The molecule has 0 aromatic carbocycles. The minimum absolute atomic E-state index is 0.796. The highest BCUT2D eigenvalue weighted by atomic mass is 79.9. The quantitative estimate of drug-likeness (QED) is 0.727. The zero-order valence-corrected chi connectivity index (χ0v) is 9.48. The molecule has 2 heterocycles. The highest BCUT2D eigenvalue weighted by Crippen LogP contribution is 2.25. The van der Waals surface area contributed by atoms with E-state index in [0.29, 0.717) is 0 Å². The Balaban J connectivity index is 2.71. The van der Waals surface area contributed by atoms with Crippen LogP contribution < -0.4 is 4.90 Å². The maximum atomic E-state index is 4.35. The summed E-state index contributed by atoms with van der Waals surface area (Å²) in [7, 11) is 3.93.